The number of para-hydroxylation sites is 2. The molecule has 18 heavy (non-hydrogen) atoms. The van der Waals surface area contributed by atoms with Crippen LogP contribution in [0.1, 0.15) is 15.9 Å². The number of Topliss-reactive ketones (excluding diaryl/α,β-unsaturated/α-hetero) is 1. The van der Waals surface area contributed by atoms with Gasteiger partial charge in [0.2, 0.25) is 0 Å². The van der Waals surface area contributed by atoms with E-state index in [-0.39, 0.29) is 5.78 Å². The zero-order valence-electron chi connectivity index (χ0n) is 9.55. The molecule has 2 aromatic carbocycles. The fourth-order valence-electron chi connectivity index (χ4n) is 2.57. The van der Waals surface area contributed by atoms with Gasteiger partial charge in [-0.2, -0.15) is 0 Å². The second-order valence-electron chi connectivity index (χ2n) is 4.57. The minimum absolute atomic E-state index is 0.0886. The SMILES string of the molecule is O=C1c2ccccc2O[C@@]12Cc1ccccc1O2. The molecule has 0 amide bonds. The van der Waals surface area contributed by atoms with E-state index in [0.717, 1.165) is 11.3 Å². The largest absolute Gasteiger partial charge is 0.445 e. The highest BCUT2D eigenvalue weighted by atomic mass is 16.7. The molecule has 2 aliphatic rings. The average Bonchev–Trinajstić information content (AvgIpc) is 2.89. The Kier molecular flexibility index (Phi) is 1.69. The van der Waals surface area contributed by atoms with Crippen molar-refractivity contribution in [3.8, 4) is 11.5 Å². The Balaban J connectivity index is 1.81. The van der Waals surface area contributed by atoms with Gasteiger partial charge >= 0.3 is 5.79 Å². The van der Waals surface area contributed by atoms with Crippen LogP contribution in [0.2, 0.25) is 0 Å². The number of ether oxygens (including phenoxy) is 2. The van der Waals surface area contributed by atoms with Gasteiger partial charge in [-0.1, -0.05) is 30.3 Å². The monoisotopic (exact) mass is 238 g/mol. The fourth-order valence-corrected chi connectivity index (χ4v) is 2.57. The van der Waals surface area contributed by atoms with Gasteiger partial charge in [-0.15, -0.1) is 0 Å². The Morgan fingerprint density at radius 2 is 1.56 bits per heavy atom. The van der Waals surface area contributed by atoms with E-state index in [1.807, 2.05) is 36.4 Å². The minimum atomic E-state index is -1.17. The summed E-state index contributed by atoms with van der Waals surface area (Å²) in [6, 6.07) is 14.9. The Morgan fingerprint density at radius 1 is 0.889 bits per heavy atom. The molecule has 3 heteroatoms. The Hall–Kier alpha value is -2.29. The smallest absolute Gasteiger partial charge is 0.320 e. The number of carbonyl (C=O) groups excluding carboxylic acids is 1. The molecular weight excluding hydrogens is 228 g/mol. The molecule has 0 aliphatic carbocycles. The average molecular weight is 238 g/mol. The highest BCUT2D eigenvalue weighted by Crippen LogP contribution is 2.43. The van der Waals surface area contributed by atoms with E-state index in [2.05, 4.69) is 0 Å². The number of rotatable bonds is 0. The Bertz CT molecular complexity index is 630. The van der Waals surface area contributed by atoms with Crippen LogP contribution in [-0.2, 0) is 6.42 Å². The molecule has 0 aromatic heterocycles. The minimum Gasteiger partial charge on any atom is -0.445 e. The number of carbonyl (C=O) groups is 1. The molecule has 0 unspecified atom stereocenters. The maximum absolute atomic E-state index is 12.4. The third-order valence-electron chi connectivity index (χ3n) is 3.42. The molecule has 0 fully saturated rings. The lowest BCUT2D eigenvalue weighted by molar-refractivity contribution is -0.0531. The second kappa shape index (κ2) is 3.13. The van der Waals surface area contributed by atoms with Crippen LogP contribution in [0.3, 0.4) is 0 Å². The maximum Gasteiger partial charge on any atom is 0.320 e. The number of ketones is 1. The summed E-state index contributed by atoms with van der Waals surface area (Å²) in [6.07, 6.45) is 0.469. The molecule has 2 aromatic rings. The summed E-state index contributed by atoms with van der Waals surface area (Å²) in [5, 5.41) is 0. The molecule has 0 radical (unpaired) electrons. The standard InChI is InChI=1S/C15H10O3/c16-14-11-6-2-4-8-13(11)18-15(14)9-10-5-1-3-7-12(10)17-15/h1-8H,9H2/t15-/m0/s1. The van der Waals surface area contributed by atoms with Crippen LogP contribution in [0, 0.1) is 0 Å². The van der Waals surface area contributed by atoms with Crippen molar-refractivity contribution >= 4 is 5.78 Å². The number of fused-ring (bicyclic) bond motifs is 2. The number of hydrogen-bond acceptors (Lipinski definition) is 3. The topological polar surface area (TPSA) is 35.5 Å². The molecular formula is C15H10O3. The number of hydrogen-bond donors (Lipinski definition) is 0. The summed E-state index contributed by atoms with van der Waals surface area (Å²) in [5.41, 5.74) is 1.61. The number of benzene rings is 2. The van der Waals surface area contributed by atoms with Crippen molar-refractivity contribution in [2.24, 2.45) is 0 Å². The van der Waals surface area contributed by atoms with Gasteiger partial charge in [-0.3, -0.25) is 4.79 Å². The first-order chi connectivity index (χ1) is 8.78. The zero-order valence-corrected chi connectivity index (χ0v) is 9.55. The van der Waals surface area contributed by atoms with E-state index in [9.17, 15) is 4.79 Å². The van der Waals surface area contributed by atoms with Crippen molar-refractivity contribution in [2.75, 3.05) is 0 Å². The third kappa shape index (κ3) is 1.11. The van der Waals surface area contributed by atoms with Gasteiger partial charge in [0.05, 0.1) is 12.0 Å². The Labute approximate surface area is 104 Å². The molecule has 0 N–H and O–H groups in total. The molecule has 88 valence electrons. The molecule has 0 bridgehead atoms. The van der Waals surface area contributed by atoms with Crippen molar-refractivity contribution in [1.82, 2.24) is 0 Å². The van der Waals surface area contributed by atoms with E-state index in [0.29, 0.717) is 17.7 Å². The van der Waals surface area contributed by atoms with Gasteiger partial charge in [0.15, 0.2) is 0 Å². The highest BCUT2D eigenvalue weighted by Gasteiger charge is 2.54. The van der Waals surface area contributed by atoms with Gasteiger partial charge in [0.25, 0.3) is 5.78 Å². The summed E-state index contributed by atoms with van der Waals surface area (Å²) >= 11 is 0. The summed E-state index contributed by atoms with van der Waals surface area (Å²) in [6.45, 7) is 0. The second-order valence-corrected chi connectivity index (χ2v) is 4.57. The summed E-state index contributed by atoms with van der Waals surface area (Å²) in [7, 11) is 0. The van der Waals surface area contributed by atoms with Crippen molar-refractivity contribution in [3.05, 3.63) is 59.7 Å². The lowest BCUT2D eigenvalue weighted by atomic mass is 10.0. The van der Waals surface area contributed by atoms with Crippen LogP contribution in [-0.4, -0.2) is 11.6 Å². The maximum atomic E-state index is 12.4. The van der Waals surface area contributed by atoms with E-state index < -0.39 is 5.79 Å². The lowest BCUT2D eigenvalue weighted by Gasteiger charge is -2.20. The molecule has 0 saturated carbocycles. The van der Waals surface area contributed by atoms with Crippen LogP contribution in [0.4, 0.5) is 0 Å². The summed E-state index contributed by atoms with van der Waals surface area (Å²) in [4.78, 5) is 12.4. The first-order valence-electron chi connectivity index (χ1n) is 5.88. The van der Waals surface area contributed by atoms with Crippen molar-refractivity contribution in [1.29, 1.82) is 0 Å². The van der Waals surface area contributed by atoms with Gasteiger partial charge in [-0.05, 0) is 18.2 Å². The quantitative estimate of drug-likeness (QED) is 0.707. The first kappa shape index (κ1) is 9.71. The highest BCUT2D eigenvalue weighted by molar-refractivity contribution is 6.07. The zero-order chi connectivity index (χ0) is 12.2. The molecule has 2 heterocycles. The van der Waals surface area contributed by atoms with Crippen molar-refractivity contribution in [2.45, 2.75) is 12.2 Å². The van der Waals surface area contributed by atoms with E-state index in [4.69, 9.17) is 9.47 Å². The summed E-state index contributed by atoms with van der Waals surface area (Å²) < 4.78 is 11.6. The fraction of sp³-hybridized carbons (Fsp3) is 0.133. The lowest BCUT2D eigenvalue weighted by Crippen LogP contribution is -2.44. The van der Waals surface area contributed by atoms with E-state index >= 15 is 0 Å². The predicted octanol–water partition coefficient (Wildman–Crippen LogP) is 2.59. The summed E-state index contributed by atoms with van der Waals surface area (Å²) in [5.74, 6) is 0.0798. The first-order valence-corrected chi connectivity index (χ1v) is 5.88. The molecule has 3 nitrogen and oxygen atoms in total. The molecule has 2 aliphatic heterocycles. The van der Waals surface area contributed by atoms with Gasteiger partial charge in [-0.25, -0.2) is 0 Å². The van der Waals surface area contributed by atoms with Crippen LogP contribution >= 0.6 is 0 Å². The van der Waals surface area contributed by atoms with Crippen LogP contribution in [0.5, 0.6) is 11.5 Å². The molecule has 1 spiro atoms. The molecule has 4 rings (SSSR count). The van der Waals surface area contributed by atoms with Crippen molar-refractivity contribution < 1.29 is 14.3 Å². The van der Waals surface area contributed by atoms with Crippen LogP contribution in [0.25, 0.3) is 0 Å². The van der Waals surface area contributed by atoms with E-state index in [1.54, 1.807) is 12.1 Å². The Morgan fingerprint density at radius 3 is 2.33 bits per heavy atom. The molecule has 1 atom stereocenters. The van der Waals surface area contributed by atoms with Gasteiger partial charge < -0.3 is 9.47 Å². The van der Waals surface area contributed by atoms with Crippen molar-refractivity contribution in [3.63, 3.8) is 0 Å². The van der Waals surface area contributed by atoms with Gasteiger partial charge in [0.1, 0.15) is 11.5 Å². The van der Waals surface area contributed by atoms with Crippen LogP contribution < -0.4 is 9.47 Å². The van der Waals surface area contributed by atoms with E-state index in [1.165, 1.54) is 0 Å². The third-order valence-corrected chi connectivity index (χ3v) is 3.42. The van der Waals surface area contributed by atoms with Crippen LogP contribution in [0.15, 0.2) is 48.5 Å². The van der Waals surface area contributed by atoms with Gasteiger partial charge in [0, 0.05) is 5.56 Å². The predicted molar refractivity (Wildman–Crippen MR) is 64.9 cm³/mol. The normalized spacial score (nSPS) is 23.4. The molecule has 0 saturated heterocycles.